The molecule has 0 amide bonds. The van der Waals surface area contributed by atoms with Gasteiger partial charge in [-0.25, -0.2) is 15.0 Å². The Bertz CT molecular complexity index is 689. The molecule has 2 aromatic rings. The van der Waals surface area contributed by atoms with E-state index in [0.29, 0.717) is 23.6 Å². The molecule has 0 aliphatic carbocycles. The molecule has 2 saturated heterocycles. The Morgan fingerprint density at radius 1 is 1.48 bits per heavy atom. The van der Waals surface area contributed by atoms with Crippen molar-refractivity contribution in [2.24, 2.45) is 0 Å². The lowest BCUT2D eigenvalue weighted by Gasteiger charge is -2.30. The molecule has 2 aliphatic heterocycles. The molecule has 0 saturated carbocycles. The molecule has 2 aliphatic rings. The first kappa shape index (κ1) is 12.9. The molecule has 21 heavy (non-hydrogen) atoms. The van der Waals surface area contributed by atoms with Gasteiger partial charge in [0.1, 0.15) is 29.7 Å². The third-order valence-electron chi connectivity index (χ3n) is 4.49. The van der Waals surface area contributed by atoms with Gasteiger partial charge in [0.2, 0.25) is 0 Å². The third kappa shape index (κ3) is 1.57. The summed E-state index contributed by atoms with van der Waals surface area (Å²) in [5.41, 5.74) is 6.64. The van der Waals surface area contributed by atoms with E-state index in [-0.39, 0.29) is 18.4 Å². The Morgan fingerprint density at radius 2 is 2.33 bits per heavy atom. The van der Waals surface area contributed by atoms with Crippen molar-refractivity contribution in [3.63, 3.8) is 0 Å². The predicted octanol–water partition coefficient (Wildman–Crippen LogP) is 0.500. The molecule has 2 fully saturated rings. The van der Waals surface area contributed by atoms with Crippen molar-refractivity contribution in [3.05, 3.63) is 12.7 Å². The number of ether oxygens (including phenoxy) is 3. The molecular formula is C13H17N5O3. The molecule has 1 unspecified atom stereocenters. The number of nitrogens with zero attached hydrogens (tertiary/aromatic N) is 4. The largest absolute Gasteiger partial charge is 0.382 e. The first-order valence-electron chi connectivity index (χ1n) is 6.95. The number of hydrogen-bond donors (Lipinski definition) is 1. The van der Waals surface area contributed by atoms with Crippen molar-refractivity contribution in [1.82, 2.24) is 19.5 Å². The average Bonchev–Trinajstić information content (AvgIpc) is 3.16. The lowest BCUT2D eigenvalue weighted by atomic mass is 9.96. The van der Waals surface area contributed by atoms with E-state index in [2.05, 4.69) is 21.9 Å². The molecule has 8 nitrogen and oxygen atoms in total. The molecule has 4 heterocycles. The Hall–Kier alpha value is -1.77. The van der Waals surface area contributed by atoms with Crippen LogP contribution in [0.15, 0.2) is 12.7 Å². The summed E-state index contributed by atoms with van der Waals surface area (Å²) in [6.07, 6.45) is 3.33. The highest BCUT2D eigenvalue weighted by Gasteiger charge is 2.61. The maximum Gasteiger partial charge on any atom is 0.167 e. The van der Waals surface area contributed by atoms with E-state index in [1.54, 1.807) is 13.4 Å². The van der Waals surface area contributed by atoms with E-state index in [4.69, 9.17) is 19.9 Å². The van der Waals surface area contributed by atoms with Crippen LogP contribution in [-0.4, -0.2) is 51.0 Å². The summed E-state index contributed by atoms with van der Waals surface area (Å²) in [7, 11) is 1.69. The second kappa shape index (κ2) is 4.36. The molecule has 0 spiro atoms. The van der Waals surface area contributed by atoms with Gasteiger partial charge in [0.05, 0.1) is 12.9 Å². The Labute approximate surface area is 121 Å². The van der Waals surface area contributed by atoms with Crippen molar-refractivity contribution in [2.75, 3.05) is 19.5 Å². The number of fused-ring (bicyclic) bond motifs is 3. The van der Waals surface area contributed by atoms with Crippen LogP contribution in [0.3, 0.4) is 0 Å². The molecule has 4 rings (SSSR count). The van der Waals surface area contributed by atoms with Crippen LogP contribution < -0.4 is 5.73 Å². The van der Waals surface area contributed by atoms with Crippen LogP contribution in [0.1, 0.15) is 19.6 Å². The second-order valence-corrected chi connectivity index (χ2v) is 5.44. The van der Waals surface area contributed by atoms with Crippen molar-refractivity contribution >= 4 is 17.0 Å². The molecule has 112 valence electrons. The highest BCUT2D eigenvalue weighted by molar-refractivity contribution is 5.81. The number of anilines is 1. The van der Waals surface area contributed by atoms with Gasteiger partial charge in [-0.1, -0.05) is 6.92 Å². The SMILES string of the molecule is CC[C@]12CO[C@@H](C1OC)[C@H](n1cnc3c(N)ncnc31)O2. The van der Waals surface area contributed by atoms with Gasteiger partial charge in [0.15, 0.2) is 17.7 Å². The van der Waals surface area contributed by atoms with E-state index in [1.807, 2.05) is 4.57 Å². The van der Waals surface area contributed by atoms with E-state index >= 15 is 0 Å². The number of hydrogen-bond acceptors (Lipinski definition) is 7. The summed E-state index contributed by atoms with van der Waals surface area (Å²) in [6, 6.07) is 0. The van der Waals surface area contributed by atoms with E-state index < -0.39 is 5.60 Å². The summed E-state index contributed by atoms with van der Waals surface area (Å²) in [5, 5.41) is 0. The Kier molecular flexibility index (Phi) is 2.69. The highest BCUT2D eigenvalue weighted by Crippen LogP contribution is 2.48. The van der Waals surface area contributed by atoms with Gasteiger partial charge in [-0.2, -0.15) is 0 Å². The first-order chi connectivity index (χ1) is 10.2. The zero-order valence-corrected chi connectivity index (χ0v) is 11.9. The Balaban J connectivity index is 1.79. The van der Waals surface area contributed by atoms with Gasteiger partial charge < -0.3 is 19.9 Å². The summed E-state index contributed by atoms with van der Waals surface area (Å²) >= 11 is 0. The topological polar surface area (TPSA) is 97.3 Å². The zero-order valence-electron chi connectivity index (χ0n) is 11.9. The molecule has 2 N–H and O–H groups in total. The van der Waals surface area contributed by atoms with Crippen LogP contribution in [0.4, 0.5) is 5.82 Å². The summed E-state index contributed by atoms with van der Waals surface area (Å²) < 4.78 is 19.6. The molecule has 2 bridgehead atoms. The van der Waals surface area contributed by atoms with Crippen LogP contribution in [0.25, 0.3) is 11.2 Å². The van der Waals surface area contributed by atoms with Crippen molar-refractivity contribution in [3.8, 4) is 0 Å². The molecule has 4 atom stereocenters. The monoisotopic (exact) mass is 291 g/mol. The lowest BCUT2D eigenvalue weighted by Crippen LogP contribution is -2.40. The van der Waals surface area contributed by atoms with Gasteiger partial charge in [0.25, 0.3) is 0 Å². The van der Waals surface area contributed by atoms with Crippen LogP contribution in [-0.2, 0) is 14.2 Å². The standard InChI is InChI=1S/C13H17N5O3/c1-3-13-4-20-8(9(13)19-2)12(21-13)18-6-17-7-10(14)15-5-16-11(7)18/h5-6,8-9,12H,3-4H2,1-2H3,(H2,14,15,16)/t8-,9?,12+,13-/m0/s1. The number of aromatic nitrogens is 4. The third-order valence-corrected chi connectivity index (χ3v) is 4.49. The lowest BCUT2D eigenvalue weighted by molar-refractivity contribution is -0.173. The van der Waals surface area contributed by atoms with Crippen molar-refractivity contribution < 1.29 is 14.2 Å². The van der Waals surface area contributed by atoms with Crippen LogP contribution >= 0.6 is 0 Å². The van der Waals surface area contributed by atoms with Gasteiger partial charge in [-0.3, -0.25) is 4.57 Å². The number of nitrogen functional groups attached to an aromatic ring is 1. The zero-order chi connectivity index (χ0) is 14.6. The van der Waals surface area contributed by atoms with Gasteiger partial charge >= 0.3 is 0 Å². The fourth-order valence-electron chi connectivity index (χ4n) is 3.35. The van der Waals surface area contributed by atoms with Gasteiger partial charge in [0, 0.05) is 7.11 Å². The van der Waals surface area contributed by atoms with E-state index in [9.17, 15) is 0 Å². The predicted molar refractivity (Wildman–Crippen MR) is 73.4 cm³/mol. The summed E-state index contributed by atoms with van der Waals surface area (Å²) in [4.78, 5) is 12.5. The number of imidazole rings is 1. The van der Waals surface area contributed by atoms with Crippen LogP contribution in [0, 0.1) is 0 Å². The minimum Gasteiger partial charge on any atom is -0.382 e. The smallest absolute Gasteiger partial charge is 0.167 e. The molecule has 2 aromatic heterocycles. The molecule has 0 radical (unpaired) electrons. The van der Waals surface area contributed by atoms with Gasteiger partial charge in [-0.15, -0.1) is 0 Å². The highest BCUT2D eigenvalue weighted by atomic mass is 16.7. The number of methoxy groups -OCH3 is 1. The maximum atomic E-state index is 6.26. The maximum absolute atomic E-state index is 6.26. The van der Waals surface area contributed by atoms with Gasteiger partial charge in [-0.05, 0) is 6.42 Å². The normalized spacial score (nSPS) is 34.9. The number of nitrogens with two attached hydrogens (primary N) is 1. The van der Waals surface area contributed by atoms with E-state index in [1.165, 1.54) is 6.33 Å². The van der Waals surface area contributed by atoms with Crippen molar-refractivity contribution in [2.45, 2.75) is 37.4 Å². The summed E-state index contributed by atoms with van der Waals surface area (Å²) in [6.45, 7) is 2.62. The van der Waals surface area contributed by atoms with Crippen LogP contribution in [0.2, 0.25) is 0 Å². The average molecular weight is 291 g/mol. The minimum absolute atomic E-state index is 0.0934. The fourth-order valence-corrected chi connectivity index (χ4v) is 3.35. The number of rotatable bonds is 3. The van der Waals surface area contributed by atoms with E-state index in [0.717, 1.165) is 6.42 Å². The summed E-state index contributed by atoms with van der Waals surface area (Å²) in [5.74, 6) is 0.358. The fraction of sp³-hybridized carbons (Fsp3) is 0.615. The quantitative estimate of drug-likeness (QED) is 0.879. The van der Waals surface area contributed by atoms with Crippen molar-refractivity contribution in [1.29, 1.82) is 0 Å². The Morgan fingerprint density at radius 3 is 3.05 bits per heavy atom. The minimum atomic E-state index is -0.404. The molecule has 0 aromatic carbocycles. The first-order valence-corrected chi connectivity index (χ1v) is 6.95. The van der Waals surface area contributed by atoms with Crippen LogP contribution in [0.5, 0.6) is 0 Å². The molecular weight excluding hydrogens is 274 g/mol. The second-order valence-electron chi connectivity index (χ2n) is 5.44. The molecule has 8 heteroatoms.